The summed E-state index contributed by atoms with van der Waals surface area (Å²) in [5, 5.41) is 0.524. The second-order valence-corrected chi connectivity index (χ2v) is 6.24. The Kier molecular flexibility index (Phi) is 4.79. The number of halogens is 3. The van der Waals surface area contributed by atoms with Crippen LogP contribution in [0.4, 0.5) is 13.2 Å². The topological polar surface area (TPSA) is 26.0 Å². The van der Waals surface area contributed by atoms with Crippen molar-refractivity contribution in [1.29, 1.82) is 0 Å². The summed E-state index contributed by atoms with van der Waals surface area (Å²) in [7, 11) is 0. The van der Waals surface area contributed by atoms with Crippen LogP contribution in [0, 0.1) is 0 Å². The molecule has 19 heavy (non-hydrogen) atoms. The van der Waals surface area contributed by atoms with Crippen LogP contribution in [0.15, 0.2) is 23.1 Å². The van der Waals surface area contributed by atoms with Gasteiger partial charge in [0.15, 0.2) is 0 Å². The highest BCUT2D eigenvalue weighted by atomic mass is 32.2. The monoisotopic (exact) mass is 289 g/mol. The summed E-state index contributed by atoms with van der Waals surface area (Å²) in [6, 6.07) is 3.92. The van der Waals surface area contributed by atoms with E-state index in [2.05, 4.69) is 0 Å². The van der Waals surface area contributed by atoms with Gasteiger partial charge in [-0.05, 0) is 36.6 Å². The summed E-state index contributed by atoms with van der Waals surface area (Å²) >= 11 is 1.69. The quantitative estimate of drug-likeness (QED) is 0.880. The largest absolute Gasteiger partial charge is 0.416 e. The van der Waals surface area contributed by atoms with Gasteiger partial charge < -0.3 is 5.73 Å². The minimum atomic E-state index is -4.29. The third-order valence-electron chi connectivity index (χ3n) is 3.45. The molecule has 1 aliphatic rings. The Labute approximate surface area is 115 Å². The van der Waals surface area contributed by atoms with Gasteiger partial charge in [-0.15, -0.1) is 11.8 Å². The number of hydrogen-bond acceptors (Lipinski definition) is 2. The van der Waals surface area contributed by atoms with E-state index in [9.17, 15) is 13.2 Å². The number of alkyl halides is 3. The smallest absolute Gasteiger partial charge is 0.326 e. The third kappa shape index (κ3) is 3.89. The lowest BCUT2D eigenvalue weighted by Gasteiger charge is -2.22. The second-order valence-electron chi connectivity index (χ2n) is 4.90. The van der Waals surface area contributed by atoms with Crippen LogP contribution in [0.3, 0.4) is 0 Å². The van der Waals surface area contributed by atoms with Crippen molar-refractivity contribution < 1.29 is 13.2 Å². The number of rotatable bonds is 3. The van der Waals surface area contributed by atoms with Gasteiger partial charge in [-0.1, -0.05) is 19.3 Å². The van der Waals surface area contributed by atoms with Gasteiger partial charge in [-0.3, -0.25) is 0 Å². The summed E-state index contributed by atoms with van der Waals surface area (Å²) < 4.78 is 37.9. The Balaban J connectivity index is 2.16. The highest BCUT2D eigenvalue weighted by Gasteiger charge is 2.31. The Hall–Kier alpha value is -0.680. The molecule has 2 N–H and O–H groups in total. The van der Waals surface area contributed by atoms with E-state index in [4.69, 9.17) is 5.73 Å². The molecule has 0 radical (unpaired) electrons. The fourth-order valence-electron chi connectivity index (χ4n) is 2.39. The Morgan fingerprint density at radius 3 is 2.42 bits per heavy atom. The van der Waals surface area contributed by atoms with E-state index >= 15 is 0 Å². The minimum Gasteiger partial charge on any atom is -0.326 e. The maximum Gasteiger partial charge on any atom is 0.416 e. The summed E-state index contributed by atoms with van der Waals surface area (Å²) in [4.78, 5) is 0.905. The molecule has 0 bridgehead atoms. The second kappa shape index (κ2) is 6.18. The van der Waals surface area contributed by atoms with Crippen LogP contribution in [0.25, 0.3) is 0 Å². The lowest BCUT2D eigenvalue weighted by atomic mass is 10.0. The average Bonchev–Trinajstić information content (AvgIpc) is 2.39. The fraction of sp³-hybridized carbons (Fsp3) is 0.571. The van der Waals surface area contributed by atoms with Crippen molar-refractivity contribution in [2.75, 3.05) is 0 Å². The van der Waals surface area contributed by atoms with E-state index in [0.717, 1.165) is 23.8 Å². The Morgan fingerprint density at radius 1 is 1.16 bits per heavy atom. The van der Waals surface area contributed by atoms with Crippen molar-refractivity contribution in [3.05, 3.63) is 29.3 Å². The molecule has 1 aromatic rings. The van der Waals surface area contributed by atoms with Gasteiger partial charge in [0, 0.05) is 16.7 Å². The molecule has 0 aromatic heterocycles. The van der Waals surface area contributed by atoms with E-state index in [1.54, 1.807) is 17.8 Å². The molecule has 5 heteroatoms. The lowest BCUT2D eigenvalue weighted by Crippen LogP contribution is -2.11. The predicted molar refractivity (Wildman–Crippen MR) is 72.1 cm³/mol. The first-order chi connectivity index (χ1) is 9.00. The molecule has 0 heterocycles. The van der Waals surface area contributed by atoms with Crippen LogP contribution < -0.4 is 5.73 Å². The molecule has 0 unspecified atom stereocenters. The van der Waals surface area contributed by atoms with Gasteiger partial charge in [-0.2, -0.15) is 13.2 Å². The third-order valence-corrected chi connectivity index (χ3v) is 4.91. The van der Waals surface area contributed by atoms with Crippen molar-refractivity contribution in [3.63, 3.8) is 0 Å². The average molecular weight is 289 g/mol. The van der Waals surface area contributed by atoms with Gasteiger partial charge in [-0.25, -0.2) is 0 Å². The molecule has 1 nitrogen and oxygen atoms in total. The van der Waals surface area contributed by atoms with Crippen molar-refractivity contribution in [1.82, 2.24) is 0 Å². The normalized spacial score (nSPS) is 17.7. The maximum absolute atomic E-state index is 12.6. The van der Waals surface area contributed by atoms with E-state index < -0.39 is 11.7 Å². The number of nitrogens with two attached hydrogens (primary N) is 1. The molecule has 0 aliphatic heterocycles. The summed E-state index contributed by atoms with van der Waals surface area (Å²) in [6.45, 7) is 0.152. The zero-order valence-corrected chi connectivity index (χ0v) is 11.5. The Bertz CT molecular complexity index is 425. The summed E-state index contributed by atoms with van der Waals surface area (Å²) in [6.07, 6.45) is 1.71. The number of thioether (sulfide) groups is 1. The minimum absolute atomic E-state index is 0.152. The van der Waals surface area contributed by atoms with Crippen molar-refractivity contribution >= 4 is 11.8 Å². The van der Waals surface area contributed by atoms with E-state index in [-0.39, 0.29) is 6.54 Å². The van der Waals surface area contributed by atoms with E-state index in [1.807, 2.05) is 0 Å². The van der Waals surface area contributed by atoms with Crippen molar-refractivity contribution in [2.24, 2.45) is 5.73 Å². The molecular weight excluding hydrogens is 271 g/mol. The molecule has 1 aliphatic carbocycles. The molecular formula is C14H18F3NS. The van der Waals surface area contributed by atoms with Gasteiger partial charge >= 0.3 is 6.18 Å². The maximum atomic E-state index is 12.6. The van der Waals surface area contributed by atoms with Gasteiger partial charge in [0.2, 0.25) is 0 Å². The first-order valence-electron chi connectivity index (χ1n) is 6.57. The number of benzene rings is 1. The zero-order chi connectivity index (χ0) is 13.9. The van der Waals surface area contributed by atoms with Crippen LogP contribution in [0.2, 0.25) is 0 Å². The number of hydrogen-bond donors (Lipinski definition) is 1. The fourth-order valence-corrected chi connectivity index (χ4v) is 3.76. The molecule has 1 saturated carbocycles. The first kappa shape index (κ1) is 14.7. The highest BCUT2D eigenvalue weighted by molar-refractivity contribution is 8.00. The molecule has 2 rings (SSSR count). The molecule has 106 valence electrons. The van der Waals surface area contributed by atoms with Gasteiger partial charge in [0.25, 0.3) is 0 Å². The zero-order valence-electron chi connectivity index (χ0n) is 10.7. The van der Waals surface area contributed by atoms with Crippen LogP contribution >= 0.6 is 11.8 Å². The van der Waals surface area contributed by atoms with E-state index in [1.165, 1.54) is 25.3 Å². The molecule has 0 atom stereocenters. The van der Waals surface area contributed by atoms with Crippen LogP contribution in [-0.4, -0.2) is 5.25 Å². The molecule has 0 amide bonds. The lowest BCUT2D eigenvalue weighted by molar-refractivity contribution is -0.137. The Morgan fingerprint density at radius 2 is 1.84 bits per heavy atom. The van der Waals surface area contributed by atoms with Gasteiger partial charge in [0.05, 0.1) is 5.56 Å². The standard InChI is InChI=1S/C14H18F3NS/c15-14(16,17)11-6-7-13(10(8-11)9-18)19-12-4-2-1-3-5-12/h6-8,12H,1-5,9,18H2. The highest BCUT2D eigenvalue weighted by Crippen LogP contribution is 2.37. The SMILES string of the molecule is NCc1cc(C(F)(F)F)ccc1SC1CCCCC1. The molecule has 1 aromatic carbocycles. The molecule has 0 spiro atoms. The summed E-state index contributed by atoms with van der Waals surface area (Å²) in [5.74, 6) is 0. The van der Waals surface area contributed by atoms with Crippen LogP contribution in [0.1, 0.15) is 43.2 Å². The van der Waals surface area contributed by atoms with Crippen molar-refractivity contribution in [3.8, 4) is 0 Å². The van der Waals surface area contributed by atoms with E-state index in [0.29, 0.717) is 10.8 Å². The van der Waals surface area contributed by atoms with Crippen LogP contribution in [-0.2, 0) is 12.7 Å². The predicted octanol–water partition coefficient (Wildman–Crippen LogP) is 4.59. The molecule has 1 fully saturated rings. The van der Waals surface area contributed by atoms with Crippen molar-refractivity contribution in [2.45, 2.75) is 55.0 Å². The first-order valence-corrected chi connectivity index (χ1v) is 7.45. The summed E-state index contributed by atoms with van der Waals surface area (Å²) in [5.41, 5.74) is 5.58. The van der Waals surface area contributed by atoms with Gasteiger partial charge in [0.1, 0.15) is 0 Å². The van der Waals surface area contributed by atoms with Crippen LogP contribution in [0.5, 0.6) is 0 Å². The molecule has 0 saturated heterocycles.